The van der Waals surface area contributed by atoms with Crippen molar-refractivity contribution in [3.63, 3.8) is 0 Å². The maximum atomic E-state index is 2.35. The normalized spacial score (nSPS) is 14.7. The molecule has 0 N–H and O–H groups in total. The van der Waals surface area contributed by atoms with Crippen molar-refractivity contribution in [3.05, 3.63) is 0 Å². The zero-order valence-electron chi connectivity index (χ0n) is 7.82. The highest BCUT2D eigenvalue weighted by Gasteiger charge is 2.03. The van der Waals surface area contributed by atoms with E-state index in [0.717, 1.165) is 5.54 Å². The maximum absolute atomic E-state index is 2.35. The lowest BCUT2D eigenvalue weighted by atomic mass is 10.2. The van der Waals surface area contributed by atoms with Gasteiger partial charge in [0.25, 0.3) is 0 Å². The molecule has 0 aliphatic heterocycles. The minimum atomic E-state index is 0.315. The summed E-state index contributed by atoms with van der Waals surface area (Å²) in [4.78, 5) is 0. The Kier molecular flexibility index (Phi) is 7.48. The molecular formula is C9H22Si. The summed E-state index contributed by atoms with van der Waals surface area (Å²) in [7, 11) is 0.315. The van der Waals surface area contributed by atoms with Gasteiger partial charge in [0.15, 0.2) is 0 Å². The van der Waals surface area contributed by atoms with Crippen molar-refractivity contribution in [2.45, 2.75) is 58.0 Å². The molecule has 0 amide bonds. The third-order valence-corrected chi connectivity index (χ3v) is 4.62. The van der Waals surface area contributed by atoms with E-state index in [4.69, 9.17) is 0 Å². The molecule has 0 aromatic rings. The summed E-state index contributed by atoms with van der Waals surface area (Å²) in [6.45, 7) is 6.99. The van der Waals surface area contributed by atoms with Crippen molar-refractivity contribution in [1.29, 1.82) is 0 Å². The summed E-state index contributed by atoms with van der Waals surface area (Å²) in [5.41, 5.74) is 1.16. The third kappa shape index (κ3) is 5.04. The quantitative estimate of drug-likeness (QED) is 0.521. The minimum absolute atomic E-state index is 0.315. The predicted molar refractivity (Wildman–Crippen MR) is 52.6 cm³/mol. The average Bonchev–Trinajstić information content (AvgIpc) is 1.98. The lowest BCUT2D eigenvalue weighted by Gasteiger charge is -2.11. The molecule has 0 nitrogen and oxygen atoms in total. The van der Waals surface area contributed by atoms with Gasteiger partial charge in [-0.25, -0.2) is 0 Å². The second kappa shape index (κ2) is 7.33. The second-order valence-corrected chi connectivity index (χ2v) is 5.94. The van der Waals surface area contributed by atoms with Gasteiger partial charge in [-0.2, -0.15) is 0 Å². The molecule has 1 heteroatoms. The van der Waals surface area contributed by atoms with Crippen LogP contribution in [0.4, 0.5) is 0 Å². The fourth-order valence-electron chi connectivity index (χ4n) is 1.45. The van der Waals surface area contributed by atoms with Crippen molar-refractivity contribution >= 4 is 9.52 Å². The molecule has 0 aliphatic rings. The van der Waals surface area contributed by atoms with Gasteiger partial charge < -0.3 is 0 Å². The molecule has 0 heterocycles. The molecular weight excluding hydrogens is 136 g/mol. The number of rotatable bonds is 6. The van der Waals surface area contributed by atoms with Gasteiger partial charge in [-0.3, -0.25) is 0 Å². The zero-order chi connectivity index (χ0) is 7.82. The van der Waals surface area contributed by atoms with Crippen LogP contribution in [0.3, 0.4) is 0 Å². The Hall–Kier alpha value is 0.217. The Bertz CT molecular complexity index is 61.7. The van der Waals surface area contributed by atoms with Crippen molar-refractivity contribution in [1.82, 2.24) is 0 Å². The molecule has 0 fully saturated rings. The highest BCUT2D eigenvalue weighted by molar-refractivity contribution is 6.37. The van der Waals surface area contributed by atoms with Crippen molar-refractivity contribution < 1.29 is 0 Å². The van der Waals surface area contributed by atoms with Crippen LogP contribution in [0.25, 0.3) is 0 Å². The number of unbranched alkanes of at least 4 members (excludes halogenated alkanes) is 1. The standard InChI is InChI=1S/C9H22Si/c1-4-7-8-9(5-2)10-6-3/h9H,4-8,10H2,1-3H3. The number of hydrogen-bond acceptors (Lipinski definition) is 0. The van der Waals surface area contributed by atoms with Gasteiger partial charge in [0, 0.05) is 9.52 Å². The Labute approximate surface area is 68.2 Å². The molecule has 0 bridgehead atoms. The van der Waals surface area contributed by atoms with Crippen LogP contribution in [0.5, 0.6) is 0 Å². The summed E-state index contributed by atoms with van der Waals surface area (Å²) in [5, 5.41) is 0. The Morgan fingerprint density at radius 1 is 1.20 bits per heavy atom. The van der Waals surface area contributed by atoms with Gasteiger partial charge in [-0.15, -0.1) is 0 Å². The maximum Gasteiger partial charge on any atom is 0.0229 e. The molecule has 0 aromatic heterocycles. The molecule has 0 saturated carbocycles. The van der Waals surface area contributed by atoms with Crippen LogP contribution in [-0.4, -0.2) is 9.52 Å². The van der Waals surface area contributed by atoms with Crippen LogP contribution in [0, 0.1) is 0 Å². The van der Waals surface area contributed by atoms with E-state index < -0.39 is 0 Å². The second-order valence-electron chi connectivity index (χ2n) is 3.21. The monoisotopic (exact) mass is 158 g/mol. The SMILES string of the molecule is CCCCC(CC)[SiH2]CC. The smallest absolute Gasteiger partial charge is 0.0229 e. The summed E-state index contributed by atoms with van der Waals surface area (Å²) >= 11 is 0. The molecule has 0 aromatic carbocycles. The average molecular weight is 158 g/mol. The van der Waals surface area contributed by atoms with E-state index in [1.54, 1.807) is 0 Å². The molecule has 10 heavy (non-hydrogen) atoms. The lowest BCUT2D eigenvalue weighted by Crippen LogP contribution is -2.00. The first-order valence-electron chi connectivity index (χ1n) is 4.85. The molecule has 0 radical (unpaired) electrons. The summed E-state index contributed by atoms with van der Waals surface area (Å²) in [5.74, 6) is 0. The fourth-order valence-corrected chi connectivity index (χ4v) is 3.26. The topological polar surface area (TPSA) is 0 Å². The molecule has 0 spiro atoms. The highest BCUT2D eigenvalue weighted by Crippen LogP contribution is 2.18. The Morgan fingerprint density at radius 3 is 2.30 bits per heavy atom. The Morgan fingerprint density at radius 2 is 1.90 bits per heavy atom. The summed E-state index contributed by atoms with van der Waals surface area (Å²) < 4.78 is 0. The van der Waals surface area contributed by atoms with Gasteiger partial charge in [-0.05, 0) is 0 Å². The van der Waals surface area contributed by atoms with E-state index in [0.29, 0.717) is 9.52 Å². The van der Waals surface area contributed by atoms with Crippen molar-refractivity contribution in [3.8, 4) is 0 Å². The molecule has 1 atom stereocenters. The molecule has 1 unspecified atom stereocenters. The first-order chi connectivity index (χ1) is 4.85. The van der Waals surface area contributed by atoms with Crippen LogP contribution in [0.1, 0.15) is 46.5 Å². The van der Waals surface area contributed by atoms with Crippen LogP contribution in [-0.2, 0) is 0 Å². The van der Waals surface area contributed by atoms with Gasteiger partial charge in [-0.1, -0.05) is 58.0 Å². The van der Waals surface area contributed by atoms with E-state index in [1.807, 2.05) is 0 Å². The predicted octanol–water partition coefficient (Wildman–Crippen LogP) is 2.98. The van der Waals surface area contributed by atoms with Gasteiger partial charge >= 0.3 is 0 Å². The zero-order valence-corrected chi connectivity index (χ0v) is 9.23. The molecule has 0 rings (SSSR count). The van der Waals surface area contributed by atoms with Crippen molar-refractivity contribution in [2.24, 2.45) is 0 Å². The van der Waals surface area contributed by atoms with Crippen LogP contribution < -0.4 is 0 Å². The van der Waals surface area contributed by atoms with E-state index in [9.17, 15) is 0 Å². The van der Waals surface area contributed by atoms with E-state index >= 15 is 0 Å². The minimum Gasteiger partial charge on any atom is -0.0683 e. The molecule has 0 saturated heterocycles. The van der Waals surface area contributed by atoms with Crippen LogP contribution >= 0.6 is 0 Å². The van der Waals surface area contributed by atoms with E-state index in [-0.39, 0.29) is 0 Å². The molecule has 62 valence electrons. The third-order valence-electron chi connectivity index (χ3n) is 2.24. The molecule has 0 aliphatic carbocycles. The van der Waals surface area contributed by atoms with Crippen LogP contribution in [0.15, 0.2) is 0 Å². The summed E-state index contributed by atoms with van der Waals surface area (Å²) in [6, 6.07) is 1.50. The van der Waals surface area contributed by atoms with E-state index in [1.165, 1.54) is 31.7 Å². The number of hydrogen-bond donors (Lipinski definition) is 0. The lowest BCUT2D eigenvalue weighted by molar-refractivity contribution is 0.649. The highest BCUT2D eigenvalue weighted by atomic mass is 28.2. The largest absolute Gasteiger partial charge is 0.0683 e. The van der Waals surface area contributed by atoms with Crippen molar-refractivity contribution in [2.75, 3.05) is 0 Å². The van der Waals surface area contributed by atoms with Gasteiger partial charge in [0.2, 0.25) is 0 Å². The first kappa shape index (κ1) is 10.2. The fraction of sp³-hybridized carbons (Fsp3) is 1.00. The summed E-state index contributed by atoms with van der Waals surface area (Å²) in [6.07, 6.45) is 5.81. The van der Waals surface area contributed by atoms with E-state index in [2.05, 4.69) is 20.8 Å². The van der Waals surface area contributed by atoms with Crippen LogP contribution in [0.2, 0.25) is 11.6 Å². The Balaban J connectivity index is 3.21. The first-order valence-corrected chi connectivity index (χ1v) is 6.66. The van der Waals surface area contributed by atoms with Gasteiger partial charge in [0.1, 0.15) is 0 Å². The van der Waals surface area contributed by atoms with Gasteiger partial charge in [0.05, 0.1) is 0 Å².